The van der Waals surface area contributed by atoms with Crippen molar-refractivity contribution in [1.82, 2.24) is 0 Å². The Morgan fingerprint density at radius 2 is 1.27 bits per heavy atom. The molecule has 0 aromatic heterocycles. The van der Waals surface area contributed by atoms with Gasteiger partial charge in [-0.2, -0.15) is 9.78 Å². The first-order valence-electron chi connectivity index (χ1n) is 4.23. The van der Waals surface area contributed by atoms with Crippen molar-refractivity contribution in [3.63, 3.8) is 0 Å². The molecule has 15 heavy (non-hydrogen) atoms. The van der Waals surface area contributed by atoms with Crippen LogP contribution in [-0.4, -0.2) is 24.8 Å². The van der Waals surface area contributed by atoms with Gasteiger partial charge < -0.3 is 0 Å². The van der Waals surface area contributed by atoms with E-state index in [1.54, 1.807) is 13.8 Å². The van der Waals surface area contributed by atoms with Crippen molar-refractivity contribution in [2.45, 2.75) is 13.8 Å². The zero-order chi connectivity index (χ0) is 11.8. The average molecular weight is 214 g/mol. The minimum absolute atomic E-state index is 0.295. The van der Waals surface area contributed by atoms with E-state index in [1.807, 2.05) is 0 Å². The number of Topliss-reactive ketones (excluding diaryl/α,β-unsaturated/α-hetero) is 2. The summed E-state index contributed by atoms with van der Waals surface area (Å²) in [6.45, 7) is 9.34. The molecule has 0 aromatic rings. The van der Waals surface area contributed by atoms with Gasteiger partial charge in [0.15, 0.2) is 11.6 Å². The molecule has 0 spiro atoms. The fourth-order valence-electron chi connectivity index (χ4n) is 0.436. The van der Waals surface area contributed by atoms with Crippen LogP contribution in [0.3, 0.4) is 0 Å². The molecule has 0 aliphatic carbocycles. The van der Waals surface area contributed by atoms with Crippen LogP contribution >= 0.6 is 0 Å². The van der Waals surface area contributed by atoms with Gasteiger partial charge in [0.2, 0.25) is 0 Å². The van der Waals surface area contributed by atoms with Crippen LogP contribution in [0.25, 0.3) is 0 Å². The Bertz CT molecular complexity index is 252. The lowest BCUT2D eigenvalue weighted by atomic mass is 10.2. The molecule has 0 aliphatic rings. The van der Waals surface area contributed by atoms with E-state index in [-0.39, 0.29) is 24.8 Å². The van der Waals surface area contributed by atoms with E-state index >= 15 is 0 Å². The third-order valence-corrected chi connectivity index (χ3v) is 1.43. The van der Waals surface area contributed by atoms with Gasteiger partial charge in [-0.1, -0.05) is 18.2 Å². The summed E-state index contributed by atoms with van der Waals surface area (Å²) in [5, 5.41) is 4.15. The maximum absolute atomic E-state index is 10.9. The molecule has 0 rings (SSSR count). The molecule has 0 saturated heterocycles. The van der Waals surface area contributed by atoms with Gasteiger partial charge in [-0.05, 0) is 25.0 Å². The second-order valence-corrected chi connectivity index (χ2v) is 3.00. The van der Waals surface area contributed by atoms with Crippen LogP contribution in [0.15, 0.2) is 24.3 Å². The Balaban J connectivity index is 3.48. The van der Waals surface area contributed by atoms with E-state index in [1.165, 1.54) is 0 Å². The Morgan fingerprint density at radius 3 is 1.53 bits per heavy atom. The van der Waals surface area contributed by atoms with Gasteiger partial charge in [0.1, 0.15) is 13.2 Å². The molecular weight excluding hydrogens is 200 g/mol. The van der Waals surface area contributed by atoms with Crippen LogP contribution in [0.5, 0.6) is 0 Å². The topological polar surface area (TPSA) is 61.8 Å². The first-order valence-corrected chi connectivity index (χ1v) is 4.23. The standard InChI is InChI=1S/C10H14O5/c1-7(2)9(11)5-13-15-14-6-10(12)8(3)4/h1,3,5-6H2,2,4H3. The van der Waals surface area contributed by atoms with Crippen LogP contribution in [0.1, 0.15) is 13.8 Å². The zero-order valence-corrected chi connectivity index (χ0v) is 8.87. The number of ketones is 2. The number of hydrogen-bond donors (Lipinski definition) is 0. The fraction of sp³-hybridized carbons (Fsp3) is 0.400. The molecule has 0 aromatic carbocycles. The maximum Gasteiger partial charge on any atom is 0.187 e. The molecule has 5 heteroatoms. The van der Waals surface area contributed by atoms with Crippen LogP contribution in [-0.2, 0) is 24.4 Å². The van der Waals surface area contributed by atoms with Crippen molar-refractivity contribution in [3.8, 4) is 0 Å². The van der Waals surface area contributed by atoms with Crippen LogP contribution in [0.2, 0.25) is 0 Å². The van der Waals surface area contributed by atoms with Crippen molar-refractivity contribution >= 4 is 11.6 Å². The summed E-state index contributed by atoms with van der Waals surface area (Å²) >= 11 is 0. The largest absolute Gasteiger partial charge is 0.292 e. The number of carbonyl (C=O) groups excluding carboxylic acids is 2. The van der Waals surface area contributed by atoms with Crippen molar-refractivity contribution in [3.05, 3.63) is 24.3 Å². The predicted octanol–water partition coefficient (Wildman–Crippen LogP) is 1.16. The van der Waals surface area contributed by atoms with Gasteiger partial charge in [-0.15, -0.1) is 0 Å². The molecule has 0 unspecified atom stereocenters. The highest BCUT2D eigenvalue weighted by molar-refractivity contribution is 5.95. The third-order valence-electron chi connectivity index (χ3n) is 1.43. The van der Waals surface area contributed by atoms with Gasteiger partial charge in [0, 0.05) is 0 Å². The molecule has 0 fully saturated rings. The molecule has 0 bridgehead atoms. The summed E-state index contributed by atoms with van der Waals surface area (Å²) in [6, 6.07) is 0. The number of carbonyl (C=O) groups is 2. The lowest BCUT2D eigenvalue weighted by molar-refractivity contribution is -0.504. The van der Waals surface area contributed by atoms with Crippen molar-refractivity contribution in [1.29, 1.82) is 0 Å². The lowest BCUT2D eigenvalue weighted by Gasteiger charge is -2.02. The van der Waals surface area contributed by atoms with E-state index in [2.05, 4.69) is 28.0 Å². The van der Waals surface area contributed by atoms with E-state index in [9.17, 15) is 9.59 Å². The number of hydrogen-bond acceptors (Lipinski definition) is 5. The van der Waals surface area contributed by atoms with Crippen LogP contribution in [0.4, 0.5) is 0 Å². The lowest BCUT2D eigenvalue weighted by Crippen LogP contribution is -2.13. The van der Waals surface area contributed by atoms with Crippen molar-refractivity contribution < 1.29 is 24.4 Å². The monoisotopic (exact) mass is 214 g/mol. The highest BCUT2D eigenvalue weighted by Crippen LogP contribution is 1.94. The highest BCUT2D eigenvalue weighted by Gasteiger charge is 2.05. The molecule has 84 valence electrons. The summed E-state index contributed by atoms with van der Waals surface area (Å²) in [6.07, 6.45) is 0. The Hall–Kier alpha value is -1.30. The molecule has 5 nitrogen and oxygen atoms in total. The number of rotatable bonds is 8. The first kappa shape index (κ1) is 13.7. The smallest absolute Gasteiger partial charge is 0.187 e. The molecule has 0 radical (unpaired) electrons. The van der Waals surface area contributed by atoms with E-state index in [4.69, 9.17) is 0 Å². The van der Waals surface area contributed by atoms with Crippen LogP contribution < -0.4 is 0 Å². The minimum Gasteiger partial charge on any atom is -0.292 e. The minimum atomic E-state index is -0.301. The summed E-state index contributed by atoms with van der Waals surface area (Å²) in [4.78, 5) is 30.6. The van der Waals surface area contributed by atoms with Gasteiger partial charge in [0.05, 0.1) is 0 Å². The fourth-order valence-corrected chi connectivity index (χ4v) is 0.436. The van der Waals surface area contributed by atoms with Crippen LogP contribution in [0, 0.1) is 0 Å². The quantitative estimate of drug-likeness (QED) is 0.262. The zero-order valence-electron chi connectivity index (χ0n) is 8.87. The summed E-state index contributed by atoms with van der Waals surface area (Å²) in [5.41, 5.74) is 0.716. The van der Waals surface area contributed by atoms with E-state index < -0.39 is 0 Å². The maximum atomic E-state index is 10.9. The Labute approximate surface area is 88.2 Å². The van der Waals surface area contributed by atoms with Gasteiger partial charge in [-0.25, -0.2) is 0 Å². The van der Waals surface area contributed by atoms with Gasteiger partial charge in [-0.3, -0.25) is 9.59 Å². The first-order chi connectivity index (χ1) is 6.95. The highest BCUT2D eigenvalue weighted by atomic mass is 17.5. The third kappa shape index (κ3) is 6.73. The Morgan fingerprint density at radius 1 is 0.933 bits per heavy atom. The molecule has 0 amide bonds. The summed E-state index contributed by atoms with van der Waals surface area (Å²) < 4.78 is 0. The molecule has 0 atom stereocenters. The van der Waals surface area contributed by atoms with Gasteiger partial charge >= 0.3 is 0 Å². The van der Waals surface area contributed by atoms with E-state index in [0.29, 0.717) is 11.1 Å². The Kier molecular flexibility index (Phi) is 6.44. The molecule has 0 N–H and O–H groups in total. The predicted molar refractivity (Wildman–Crippen MR) is 52.6 cm³/mol. The normalized spacial score (nSPS) is 9.73. The molecule has 0 saturated carbocycles. The summed E-state index contributed by atoms with van der Waals surface area (Å²) in [7, 11) is 0. The summed E-state index contributed by atoms with van der Waals surface area (Å²) in [5.74, 6) is -0.602. The second-order valence-electron chi connectivity index (χ2n) is 3.00. The molecular formula is C10H14O5. The molecule has 0 heterocycles. The second kappa shape index (κ2) is 7.05. The average Bonchev–Trinajstić information content (AvgIpc) is 2.16. The van der Waals surface area contributed by atoms with E-state index in [0.717, 1.165) is 0 Å². The van der Waals surface area contributed by atoms with Gasteiger partial charge in [0.25, 0.3) is 0 Å². The molecule has 0 aliphatic heterocycles. The SMILES string of the molecule is C=C(C)C(=O)COOOCC(=O)C(=C)C. The van der Waals surface area contributed by atoms with Crippen molar-refractivity contribution in [2.75, 3.05) is 13.2 Å². The van der Waals surface area contributed by atoms with Crippen molar-refractivity contribution in [2.24, 2.45) is 0 Å².